The van der Waals surface area contributed by atoms with Gasteiger partial charge in [0.05, 0.1) is 11.6 Å². The zero-order chi connectivity index (χ0) is 21.5. The maximum absolute atomic E-state index is 14.6. The molecule has 2 aromatic rings. The summed E-state index contributed by atoms with van der Waals surface area (Å²) in [6.45, 7) is 1.16. The Labute approximate surface area is 179 Å². The summed E-state index contributed by atoms with van der Waals surface area (Å²) < 4.78 is 16.4. The first-order valence-electron chi connectivity index (χ1n) is 10.3. The molecule has 8 nitrogen and oxygen atoms in total. The normalized spacial score (nSPS) is 23.3. The molecule has 1 aromatic heterocycles. The lowest BCUT2D eigenvalue weighted by atomic mass is 9.69. The Balaban J connectivity index is 1.67. The van der Waals surface area contributed by atoms with E-state index in [1.54, 1.807) is 4.68 Å². The first-order chi connectivity index (χ1) is 15.1. The van der Waals surface area contributed by atoms with E-state index in [1.807, 2.05) is 14.1 Å². The number of hydrazine groups is 1. The smallest absolute Gasteiger partial charge is 0.179 e. The van der Waals surface area contributed by atoms with Crippen molar-refractivity contribution < 1.29 is 9.28 Å². The lowest BCUT2D eigenvalue weighted by Crippen LogP contribution is -2.43. The number of allylic oxidation sites excluding steroid dienone is 1. The Morgan fingerprint density at radius 2 is 2.10 bits per heavy atom. The van der Waals surface area contributed by atoms with Crippen molar-refractivity contribution in [3.63, 3.8) is 0 Å². The van der Waals surface area contributed by atoms with Crippen LogP contribution < -0.4 is 10.7 Å². The lowest BCUT2D eigenvalue weighted by Gasteiger charge is -2.39. The SMILES string of the molecule is CNCc1ccc(C2CC3=C4C(=CC(=O)CN=C4C2c2ncnn2C)N(F)NC3)cc1. The number of rotatable bonds is 4. The molecule has 31 heavy (non-hydrogen) atoms. The summed E-state index contributed by atoms with van der Waals surface area (Å²) in [6.07, 6.45) is 3.58. The van der Waals surface area contributed by atoms with Gasteiger partial charge in [-0.2, -0.15) is 5.10 Å². The number of hydrogen-bond donors (Lipinski definition) is 2. The number of carbonyl (C=O) groups is 1. The van der Waals surface area contributed by atoms with Crippen molar-refractivity contribution in [2.24, 2.45) is 12.0 Å². The Morgan fingerprint density at radius 1 is 1.29 bits per heavy atom. The predicted octanol–water partition coefficient (Wildman–Crippen LogP) is 1.71. The van der Waals surface area contributed by atoms with Gasteiger partial charge in [-0.1, -0.05) is 28.7 Å². The quantitative estimate of drug-likeness (QED) is 0.731. The number of nitrogens with zero attached hydrogens (tertiary/aromatic N) is 5. The fourth-order valence-corrected chi connectivity index (χ4v) is 4.79. The zero-order valence-corrected chi connectivity index (χ0v) is 17.5. The first-order valence-corrected chi connectivity index (χ1v) is 10.3. The highest BCUT2D eigenvalue weighted by atomic mass is 19.2. The van der Waals surface area contributed by atoms with Crippen LogP contribution in [-0.4, -0.2) is 51.6 Å². The molecule has 0 saturated carbocycles. The van der Waals surface area contributed by atoms with Gasteiger partial charge in [-0.3, -0.25) is 14.5 Å². The Bertz CT molecular complexity index is 1120. The van der Waals surface area contributed by atoms with Crippen LogP contribution in [0.25, 0.3) is 0 Å². The number of benzene rings is 1. The summed E-state index contributed by atoms with van der Waals surface area (Å²) in [5, 5.41) is 7.88. The highest BCUT2D eigenvalue weighted by Crippen LogP contribution is 2.47. The molecule has 3 heterocycles. The van der Waals surface area contributed by atoms with Crippen molar-refractivity contribution in [3.8, 4) is 0 Å². The Morgan fingerprint density at radius 3 is 2.81 bits per heavy atom. The van der Waals surface area contributed by atoms with Crippen molar-refractivity contribution in [1.82, 2.24) is 30.7 Å². The Hall–Kier alpha value is -3.17. The van der Waals surface area contributed by atoms with Crippen LogP contribution in [-0.2, 0) is 18.4 Å². The van der Waals surface area contributed by atoms with Crippen LogP contribution in [0.5, 0.6) is 0 Å². The van der Waals surface area contributed by atoms with Crippen molar-refractivity contribution in [2.45, 2.75) is 24.8 Å². The van der Waals surface area contributed by atoms with Crippen molar-refractivity contribution in [3.05, 3.63) is 70.5 Å². The fourth-order valence-electron chi connectivity index (χ4n) is 4.79. The maximum atomic E-state index is 14.6. The van der Waals surface area contributed by atoms with Crippen molar-refractivity contribution in [2.75, 3.05) is 20.1 Å². The van der Waals surface area contributed by atoms with Gasteiger partial charge >= 0.3 is 0 Å². The molecule has 1 aromatic carbocycles. The second-order valence-electron chi connectivity index (χ2n) is 8.09. The van der Waals surface area contributed by atoms with Gasteiger partial charge in [0, 0.05) is 37.7 Å². The molecular formula is C22H24FN7O. The first kappa shape index (κ1) is 19.8. The monoisotopic (exact) mass is 421 g/mol. The van der Waals surface area contributed by atoms with E-state index < -0.39 is 0 Å². The molecule has 2 atom stereocenters. The Kier molecular flexibility index (Phi) is 4.99. The number of carbonyl (C=O) groups excluding carboxylic acids is 1. The topological polar surface area (TPSA) is 87.4 Å². The largest absolute Gasteiger partial charge is 0.316 e. The van der Waals surface area contributed by atoms with Crippen LogP contribution in [0.1, 0.15) is 35.2 Å². The highest BCUT2D eigenvalue weighted by molar-refractivity contribution is 6.13. The average Bonchev–Trinajstić information content (AvgIpc) is 3.10. The lowest BCUT2D eigenvalue weighted by molar-refractivity contribution is -0.113. The molecule has 0 saturated heterocycles. The summed E-state index contributed by atoms with van der Waals surface area (Å²) in [4.78, 5) is 21.5. The molecule has 2 N–H and O–H groups in total. The van der Waals surface area contributed by atoms with Gasteiger partial charge in [-0.25, -0.2) is 10.4 Å². The highest BCUT2D eigenvalue weighted by Gasteiger charge is 2.44. The van der Waals surface area contributed by atoms with E-state index in [9.17, 15) is 9.28 Å². The van der Waals surface area contributed by atoms with E-state index in [0.29, 0.717) is 23.9 Å². The minimum atomic E-state index is -0.234. The van der Waals surface area contributed by atoms with Crippen LogP contribution in [0.2, 0.25) is 0 Å². The van der Waals surface area contributed by atoms with Gasteiger partial charge in [0.25, 0.3) is 0 Å². The van der Waals surface area contributed by atoms with Crippen molar-refractivity contribution in [1.29, 1.82) is 0 Å². The maximum Gasteiger partial charge on any atom is 0.179 e. The zero-order valence-electron chi connectivity index (χ0n) is 17.5. The van der Waals surface area contributed by atoms with E-state index in [1.165, 1.54) is 18.0 Å². The third kappa shape index (κ3) is 3.39. The summed E-state index contributed by atoms with van der Waals surface area (Å²) in [5.74, 6) is 0.348. The van der Waals surface area contributed by atoms with Crippen LogP contribution in [0.3, 0.4) is 0 Å². The minimum Gasteiger partial charge on any atom is -0.316 e. The number of aliphatic imine (C=N–C) groups is 1. The summed E-state index contributed by atoms with van der Waals surface area (Å²) >= 11 is 0. The van der Waals surface area contributed by atoms with Crippen LogP contribution in [0.15, 0.2) is 58.5 Å². The van der Waals surface area contributed by atoms with Crippen molar-refractivity contribution >= 4 is 11.5 Å². The van der Waals surface area contributed by atoms with Crippen LogP contribution in [0.4, 0.5) is 4.48 Å². The molecule has 0 bridgehead atoms. The number of ketones is 1. The van der Waals surface area contributed by atoms with Gasteiger partial charge in [0.15, 0.2) is 5.78 Å². The van der Waals surface area contributed by atoms with Gasteiger partial charge in [-0.05, 0) is 30.2 Å². The summed E-state index contributed by atoms with van der Waals surface area (Å²) in [5.41, 5.74) is 7.82. The molecule has 9 heteroatoms. The second-order valence-corrected chi connectivity index (χ2v) is 8.09. The van der Waals surface area contributed by atoms with Gasteiger partial charge in [-0.15, -0.1) is 5.23 Å². The van der Waals surface area contributed by atoms with Gasteiger partial charge < -0.3 is 5.32 Å². The third-order valence-corrected chi connectivity index (χ3v) is 6.19. The number of aromatic nitrogens is 3. The minimum absolute atomic E-state index is 0.00830. The second kappa shape index (κ2) is 7.82. The summed E-state index contributed by atoms with van der Waals surface area (Å²) in [7, 11) is 3.77. The number of nitrogens with one attached hydrogen (secondary N) is 2. The number of halogens is 1. The molecule has 0 amide bonds. The molecule has 5 rings (SSSR count). The third-order valence-electron chi connectivity index (χ3n) is 6.19. The molecule has 1 aliphatic carbocycles. The molecule has 0 spiro atoms. The molecule has 3 aliphatic rings. The predicted molar refractivity (Wildman–Crippen MR) is 114 cm³/mol. The number of hydrogen-bond acceptors (Lipinski definition) is 7. The number of aryl methyl sites for hydroxylation is 1. The van der Waals surface area contributed by atoms with Crippen LogP contribution >= 0.6 is 0 Å². The standard InChI is InChI=1S/C22H24FN7O/c1-24-9-13-3-5-14(6-4-13)17-7-15-10-27-30(23)18-8-16(31)11-25-21(19(15)18)20(17)22-26-12-28-29(22)2/h3-6,8,12,17,20,24,27H,7,9-11H2,1-2H3. The molecule has 160 valence electrons. The average molecular weight is 421 g/mol. The van der Waals surface area contributed by atoms with E-state index in [2.05, 4.69) is 50.1 Å². The van der Waals surface area contributed by atoms with E-state index >= 15 is 0 Å². The molecule has 2 aliphatic heterocycles. The molecule has 2 unspecified atom stereocenters. The van der Waals surface area contributed by atoms with E-state index in [-0.39, 0.29) is 29.9 Å². The van der Waals surface area contributed by atoms with Gasteiger partial charge in [0.2, 0.25) is 0 Å². The molecule has 0 radical (unpaired) electrons. The fraction of sp³-hybridized carbons (Fsp3) is 0.364. The van der Waals surface area contributed by atoms with E-state index in [0.717, 1.165) is 29.1 Å². The van der Waals surface area contributed by atoms with Gasteiger partial charge in [0.1, 0.15) is 24.4 Å². The van der Waals surface area contributed by atoms with Crippen LogP contribution in [0, 0.1) is 0 Å². The summed E-state index contributed by atoms with van der Waals surface area (Å²) in [6, 6.07) is 8.53. The van der Waals surface area contributed by atoms with E-state index in [4.69, 9.17) is 0 Å². The molecule has 0 fully saturated rings. The molecular weight excluding hydrogens is 397 g/mol.